The summed E-state index contributed by atoms with van der Waals surface area (Å²) >= 11 is 0. The van der Waals surface area contributed by atoms with Crippen LogP contribution in [0.1, 0.15) is 18.1 Å². The summed E-state index contributed by atoms with van der Waals surface area (Å²) in [6.07, 6.45) is 2.22. The molecule has 0 fully saturated rings. The molecule has 0 bridgehead atoms. The number of nitrogens with one attached hydrogen (secondary N) is 1. The fourth-order valence-electron chi connectivity index (χ4n) is 2.97. The van der Waals surface area contributed by atoms with Gasteiger partial charge in [-0.2, -0.15) is 19.3 Å². The van der Waals surface area contributed by atoms with Crippen molar-refractivity contribution in [2.45, 2.75) is 12.6 Å². The molecule has 144 valence electrons. The fraction of sp³-hybridized carbons (Fsp3) is 0.105. The monoisotopic (exact) mass is 390 g/mol. The van der Waals surface area contributed by atoms with Crippen molar-refractivity contribution in [3.63, 3.8) is 0 Å². The minimum Gasteiger partial charge on any atom is -0.382 e. The van der Waals surface area contributed by atoms with Crippen LogP contribution in [0.2, 0.25) is 0 Å². The minimum atomic E-state index is -1.76. The van der Waals surface area contributed by atoms with Crippen LogP contribution in [-0.4, -0.2) is 29.7 Å². The molecule has 4 rings (SSSR count). The van der Waals surface area contributed by atoms with Crippen LogP contribution >= 0.6 is 0 Å². The molecule has 3 heterocycles. The Hall–Kier alpha value is -4.10. The first-order valence-electron chi connectivity index (χ1n) is 8.52. The lowest BCUT2D eigenvalue weighted by molar-refractivity contribution is 0.0884. The number of anilines is 2. The van der Waals surface area contributed by atoms with E-state index < -0.39 is 11.7 Å². The van der Waals surface area contributed by atoms with E-state index >= 15 is 0 Å². The maximum Gasteiger partial charge on any atom is 0.234 e. The van der Waals surface area contributed by atoms with E-state index in [1.807, 2.05) is 12.1 Å². The summed E-state index contributed by atoms with van der Waals surface area (Å²) in [7, 11) is 0. The van der Waals surface area contributed by atoms with Crippen LogP contribution in [0.5, 0.6) is 0 Å². The lowest BCUT2D eigenvalue weighted by atomic mass is 9.98. The molecule has 9 nitrogen and oxygen atoms in total. The molecule has 0 aliphatic heterocycles. The summed E-state index contributed by atoms with van der Waals surface area (Å²) in [5.41, 5.74) is 5.47. The molecule has 0 amide bonds. The Kier molecular flexibility index (Phi) is 4.29. The van der Waals surface area contributed by atoms with Crippen LogP contribution in [-0.2, 0) is 5.72 Å². The third-order valence-electron chi connectivity index (χ3n) is 4.37. The normalized spacial score (nSPS) is 13.0. The molecule has 0 aliphatic rings. The van der Waals surface area contributed by atoms with Gasteiger partial charge in [0.05, 0.1) is 11.9 Å². The number of benzene rings is 1. The standard InChI is InChI=1S/C19H15FN8O/c1-19(29,26-18-12(8-21)17(22)24-10-25-18)13-7-15-23-9-14(20)28(15)27-16(13)11-5-3-2-4-6-11/h2-7,9-10,29H,1H3,(H3,22,24,25,26)/t19-/m0/s1. The van der Waals surface area contributed by atoms with Gasteiger partial charge < -0.3 is 16.2 Å². The Morgan fingerprint density at radius 3 is 2.72 bits per heavy atom. The maximum absolute atomic E-state index is 14.1. The predicted octanol–water partition coefficient (Wildman–Crippen LogP) is 2.06. The van der Waals surface area contributed by atoms with Crippen molar-refractivity contribution in [1.29, 1.82) is 5.26 Å². The second-order valence-corrected chi connectivity index (χ2v) is 6.42. The van der Waals surface area contributed by atoms with E-state index in [1.165, 1.54) is 19.3 Å². The first-order valence-corrected chi connectivity index (χ1v) is 8.52. The average Bonchev–Trinajstić information content (AvgIpc) is 3.08. The summed E-state index contributed by atoms with van der Waals surface area (Å²) in [6, 6.07) is 12.4. The van der Waals surface area contributed by atoms with Crippen LogP contribution in [0.4, 0.5) is 16.0 Å². The van der Waals surface area contributed by atoms with E-state index in [1.54, 1.807) is 24.3 Å². The van der Waals surface area contributed by atoms with Crippen LogP contribution < -0.4 is 11.1 Å². The molecule has 0 aliphatic carbocycles. The van der Waals surface area contributed by atoms with Crippen molar-refractivity contribution in [2.75, 3.05) is 11.1 Å². The van der Waals surface area contributed by atoms with Crippen LogP contribution in [0.25, 0.3) is 16.9 Å². The van der Waals surface area contributed by atoms with Gasteiger partial charge in [-0.3, -0.25) is 0 Å². The zero-order chi connectivity index (χ0) is 20.6. The number of nitrogen functional groups attached to an aromatic ring is 1. The quantitative estimate of drug-likeness (QED) is 0.450. The van der Waals surface area contributed by atoms with Crippen molar-refractivity contribution in [1.82, 2.24) is 24.6 Å². The Bertz CT molecular complexity index is 1250. The number of aromatic nitrogens is 5. The number of imidazole rings is 1. The van der Waals surface area contributed by atoms with Gasteiger partial charge in [0.25, 0.3) is 0 Å². The summed E-state index contributed by atoms with van der Waals surface area (Å²) in [5, 5.41) is 27.7. The highest BCUT2D eigenvalue weighted by atomic mass is 19.1. The zero-order valence-electron chi connectivity index (χ0n) is 15.2. The molecule has 0 unspecified atom stereocenters. The Balaban J connectivity index is 1.90. The van der Waals surface area contributed by atoms with Gasteiger partial charge in [-0.05, 0) is 13.0 Å². The van der Waals surface area contributed by atoms with E-state index in [4.69, 9.17) is 5.73 Å². The number of rotatable bonds is 4. The van der Waals surface area contributed by atoms with Gasteiger partial charge in [-0.1, -0.05) is 30.3 Å². The van der Waals surface area contributed by atoms with Crippen molar-refractivity contribution < 1.29 is 9.50 Å². The van der Waals surface area contributed by atoms with Crippen molar-refractivity contribution in [3.8, 4) is 17.3 Å². The SMILES string of the molecule is C[C@@](O)(Nc1ncnc(N)c1C#N)c1cc2ncc(F)n2nc1-c1ccccc1. The highest BCUT2D eigenvalue weighted by Crippen LogP contribution is 2.33. The van der Waals surface area contributed by atoms with E-state index in [2.05, 4.69) is 25.4 Å². The number of nitriles is 1. The molecule has 1 atom stereocenters. The smallest absolute Gasteiger partial charge is 0.234 e. The number of fused-ring (bicyclic) bond motifs is 1. The van der Waals surface area contributed by atoms with Gasteiger partial charge in [0.1, 0.15) is 23.8 Å². The second kappa shape index (κ2) is 6.81. The van der Waals surface area contributed by atoms with Gasteiger partial charge in [0, 0.05) is 11.1 Å². The van der Waals surface area contributed by atoms with Gasteiger partial charge in [-0.25, -0.2) is 15.0 Å². The van der Waals surface area contributed by atoms with E-state index in [-0.39, 0.29) is 22.8 Å². The van der Waals surface area contributed by atoms with Crippen LogP contribution in [0.3, 0.4) is 0 Å². The highest BCUT2D eigenvalue weighted by Gasteiger charge is 2.30. The van der Waals surface area contributed by atoms with Crippen molar-refractivity contribution in [3.05, 3.63) is 66.0 Å². The molecular formula is C19H15FN8O. The summed E-state index contributed by atoms with van der Waals surface area (Å²) < 4.78 is 15.1. The van der Waals surface area contributed by atoms with Gasteiger partial charge in [0.2, 0.25) is 5.95 Å². The van der Waals surface area contributed by atoms with Crippen LogP contribution in [0.15, 0.2) is 48.9 Å². The Morgan fingerprint density at radius 2 is 2.00 bits per heavy atom. The van der Waals surface area contributed by atoms with E-state index in [9.17, 15) is 14.8 Å². The van der Waals surface area contributed by atoms with Crippen LogP contribution in [0, 0.1) is 17.3 Å². The fourth-order valence-corrected chi connectivity index (χ4v) is 2.97. The average molecular weight is 390 g/mol. The lowest BCUT2D eigenvalue weighted by Crippen LogP contribution is -2.33. The Morgan fingerprint density at radius 1 is 1.24 bits per heavy atom. The number of halogens is 1. The van der Waals surface area contributed by atoms with E-state index in [0.717, 1.165) is 10.7 Å². The number of nitrogens with zero attached hydrogens (tertiary/aromatic N) is 6. The molecule has 0 saturated heterocycles. The molecule has 10 heteroatoms. The summed E-state index contributed by atoms with van der Waals surface area (Å²) in [4.78, 5) is 11.8. The first kappa shape index (κ1) is 18.3. The molecule has 0 spiro atoms. The molecule has 1 aromatic carbocycles. The minimum absolute atomic E-state index is 0.00470. The first-order chi connectivity index (χ1) is 13.9. The van der Waals surface area contributed by atoms with Crippen molar-refractivity contribution >= 4 is 17.3 Å². The third kappa shape index (κ3) is 3.19. The zero-order valence-corrected chi connectivity index (χ0v) is 15.2. The van der Waals surface area contributed by atoms with Crippen molar-refractivity contribution in [2.24, 2.45) is 0 Å². The largest absolute Gasteiger partial charge is 0.382 e. The Labute approximate surface area is 164 Å². The number of hydrogen-bond donors (Lipinski definition) is 3. The lowest BCUT2D eigenvalue weighted by Gasteiger charge is -2.28. The van der Waals surface area contributed by atoms with Gasteiger partial charge >= 0.3 is 0 Å². The predicted molar refractivity (Wildman–Crippen MR) is 103 cm³/mol. The topological polar surface area (TPSA) is 138 Å². The molecule has 3 aromatic heterocycles. The highest BCUT2D eigenvalue weighted by molar-refractivity contribution is 5.68. The number of aliphatic hydroxyl groups is 1. The molecule has 0 saturated carbocycles. The van der Waals surface area contributed by atoms with Gasteiger partial charge in [-0.15, -0.1) is 0 Å². The molecule has 4 aromatic rings. The molecule has 4 N–H and O–H groups in total. The van der Waals surface area contributed by atoms with Gasteiger partial charge in [0.15, 0.2) is 17.2 Å². The molecular weight excluding hydrogens is 375 g/mol. The molecule has 29 heavy (non-hydrogen) atoms. The second-order valence-electron chi connectivity index (χ2n) is 6.42. The summed E-state index contributed by atoms with van der Waals surface area (Å²) in [5.74, 6) is -0.599. The van der Waals surface area contributed by atoms with E-state index in [0.29, 0.717) is 16.8 Å². The maximum atomic E-state index is 14.1. The number of hydrogen-bond acceptors (Lipinski definition) is 8. The summed E-state index contributed by atoms with van der Waals surface area (Å²) in [6.45, 7) is 1.46. The number of nitrogens with two attached hydrogens (primary N) is 1. The molecule has 0 radical (unpaired) electrons. The third-order valence-corrected chi connectivity index (χ3v) is 4.37.